The second kappa shape index (κ2) is 12.7. The lowest BCUT2D eigenvalue weighted by Crippen LogP contribution is -1.82. The van der Waals surface area contributed by atoms with Gasteiger partial charge in [-0.2, -0.15) is 0 Å². The zero-order valence-electron chi connectivity index (χ0n) is 19.1. The van der Waals surface area contributed by atoms with Crippen molar-refractivity contribution in [2.45, 2.75) is 73.1 Å². The number of pyridine rings is 1. The van der Waals surface area contributed by atoms with Crippen LogP contribution in [0.3, 0.4) is 0 Å². The van der Waals surface area contributed by atoms with Gasteiger partial charge in [0.25, 0.3) is 0 Å². The summed E-state index contributed by atoms with van der Waals surface area (Å²) in [6.45, 7) is 10.9. The van der Waals surface area contributed by atoms with Crippen molar-refractivity contribution in [3.63, 3.8) is 0 Å². The standard InChI is InChI=1S/C26H35N3O/c1-20(2)10-6-11-21(3)12-7-13-22(4)14-8-15-23(5)18-25-28-29-26(30-25)24-16-9-17-27-19-24/h9-10,12,14,16-19H,6-8,11,13,15H2,1-5H3/b21-12+,22-14+,23-18+. The van der Waals surface area contributed by atoms with Crippen molar-refractivity contribution >= 4 is 6.08 Å². The number of allylic oxidation sites excluding steroid dienone is 7. The van der Waals surface area contributed by atoms with Gasteiger partial charge in [0.15, 0.2) is 0 Å². The van der Waals surface area contributed by atoms with Crippen molar-refractivity contribution in [3.05, 3.63) is 70.9 Å². The normalized spacial score (nSPS) is 12.9. The van der Waals surface area contributed by atoms with E-state index in [0.29, 0.717) is 11.8 Å². The fourth-order valence-corrected chi connectivity index (χ4v) is 3.07. The van der Waals surface area contributed by atoms with Gasteiger partial charge in [0.1, 0.15) is 0 Å². The van der Waals surface area contributed by atoms with Crippen LogP contribution in [0.15, 0.2) is 69.5 Å². The van der Waals surface area contributed by atoms with Crippen molar-refractivity contribution in [3.8, 4) is 11.5 Å². The van der Waals surface area contributed by atoms with Crippen molar-refractivity contribution in [2.24, 2.45) is 0 Å². The number of nitrogens with zero attached hydrogens (tertiary/aromatic N) is 3. The maximum atomic E-state index is 5.72. The molecule has 160 valence electrons. The van der Waals surface area contributed by atoms with Gasteiger partial charge in [-0.25, -0.2) is 0 Å². The first-order valence-electron chi connectivity index (χ1n) is 10.8. The smallest absolute Gasteiger partial charge is 0.249 e. The maximum absolute atomic E-state index is 5.72. The third-order valence-electron chi connectivity index (χ3n) is 4.87. The number of hydrogen-bond donors (Lipinski definition) is 0. The predicted octanol–water partition coefficient (Wildman–Crippen LogP) is 7.73. The molecule has 0 aliphatic rings. The molecule has 30 heavy (non-hydrogen) atoms. The number of hydrogen-bond acceptors (Lipinski definition) is 4. The minimum atomic E-state index is 0.502. The fraction of sp³-hybridized carbons (Fsp3) is 0.423. The molecule has 0 aliphatic carbocycles. The lowest BCUT2D eigenvalue weighted by atomic mass is 10.0. The Morgan fingerprint density at radius 1 is 0.833 bits per heavy atom. The lowest BCUT2D eigenvalue weighted by molar-refractivity contribution is 0.556. The zero-order chi connectivity index (χ0) is 21.8. The van der Waals surface area contributed by atoms with Crippen LogP contribution in [0.5, 0.6) is 0 Å². The van der Waals surface area contributed by atoms with Crippen molar-refractivity contribution in [1.82, 2.24) is 15.2 Å². The largest absolute Gasteiger partial charge is 0.417 e. The van der Waals surface area contributed by atoms with E-state index in [-0.39, 0.29) is 0 Å². The van der Waals surface area contributed by atoms with Gasteiger partial charge in [-0.1, -0.05) is 40.5 Å². The van der Waals surface area contributed by atoms with Gasteiger partial charge in [0.05, 0.1) is 5.56 Å². The first-order valence-corrected chi connectivity index (χ1v) is 10.8. The van der Waals surface area contributed by atoms with Crippen LogP contribution in [-0.2, 0) is 0 Å². The molecule has 2 aromatic rings. The van der Waals surface area contributed by atoms with Gasteiger partial charge >= 0.3 is 0 Å². The van der Waals surface area contributed by atoms with Gasteiger partial charge in [-0.05, 0) is 85.3 Å². The van der Waals surface area contributed by atoms with Gasteiger partial charge in [0.2, 0.25) is 11.8 Å². The van der Waals surface area contributed by atoms with E-state index in [1.807, 2.05) is 18.2 Å². The van der Waals surface area contributed by atoms with Crippen LogP contribution in [-0.4, -0.2) is 15.2 Å². The molecule has 0 bridgehead atoms. The molecule has 0 unspecified atom stereocenters. The summed E-state index contributed by atoms with van der Waals surface area (Å²) in [5.74, 6) is 1.04. The molecular weight excluding hydrogens is 370 g/mol. The number of rotatable bonds is 11. The molecule has 2 aromatic heterocycles. The summed E-state index contributed by atoms with van der Waals surface area (Å²) in [5, 5.41) is 8.22. The molecule has 0 saturated carbocycles. The van der Waals surface area contributed by atoms with Crippen LogP contribution in [0.4, 0.5) is 0 Å². The minimum absolute atomic E-state index is 0.502. The minimum Gasteiger partial charge on any atom is -0.417 e. The van der Waals surface area contributed by atoms with Crippen LogP contribution < -0.4 is 0 Å². The third kappa shape index (κ3) is 9.17. The molecule has 4 nitrogen and oxygen atoms in total. The van der Waals surface area contributed by atoms with E-state index in [1.54, 1.807) is 12.4 Å². The van der Waals surface area contributed by atoms with Gasteiger partial charge < -0.3 is 4.42 Å². The maximum Gasteiger partial charge on any atom is 0.249 e. The summed E-state index contributed by atoms with van der Waals surface area (Å²) >= 11 is 0. The molecule has 0 N–H and O–H groups in total. The van der Waals surface area contributed by atoms with E-state index in [1.165, 1.54) is 22.3 Å². The van der Waals surface area contributed by atoms with Crippen LogP contribution in [0.25, 0.3) is 17.5 Å². The van der Waals surface area contributed by atoms with Crippen LogP contribution in [0.2, 0.25) is 0 Å². The van der Waals surface area contributed by atoms with E-state index >= 15 is 0 Å². The highest BCUT2D eigenvalue weighted by molar-refractivity contribution is 5.52. The Hall–Kier alpha value is -2.75. The highest BCUT2D eigenvalue weighted by Gasteiger charge is 2.06. The van der Waals surface area contributed by atoms with E-state index in [9.17, 15) is 0 Å². The molecule has 0 atom stereocenters. The quantitative estimate of drug-likeness (QED) is 0.359. The Balaban J connectivity index is 1.75. The summed E-state index contributed by atoms with van der Waals surface area (Å²) in [7, 11) is 0. The van der Waals surface area contributed by atoms with Crippen LogP contribution >= 0.6 is 0 Å². The second-order valence-electron chi connectivity index (χ2n) is 8.18. The van der Waals surface area contributed by atoms with Crippen LogP contribution in [0.1, 0.15) is 79.0 Å². The van der Waals surface area contributed by atoms with Crippen LogP contribution in [0, 0.1) is 0 Å². The van der Waals surface area contributed by atoms with Crippen molar-refractivity contribution in [1.29, 1.82) is 0 Å². The summed E-state index contributed by atoms with van der Waals surface area (Å²) < 4.78 is 5.72. The Bertz CT molecular complexity index is 897. The fourth-order valence-electron chi connectivity index (χ4n) is 3.07. The Kier molecular flexibility index (Phi) is 9.99. The summed E-state index contributed by atoms with van der Waals surface area (Å²) in [6, 6.07) is 3.77. The molecule has 0 saturated heterocycles. The molecule has 0 amide bonds. The van der Waals surface area contributed by atoms with Crippen molar-refractivity contribution < 1.29 is 4.42 Å². The molecule has 4 heteroatoms. The van der Waals surface area contributed by atoms with E-state index in [2.05, 4.69) is 68.0 Å². The van der Waals surface area contributed by atoms with E-state index in [4.69, 9.17) is 4.42 Å². The lowest BCUT2D eigenvalue weighted by Gasteiger charge is -2.02. The number of aromatic nitrogens is 3. The van der Waals surface area contributed by atoms with E-state index < -0.39 is 0 Å². The highest BCUT2D eigenvalue weighted by atomic mass is 16.4. The van der Waals surface area contributed by atoms with Gasteiger partial charge in [0, 0.05) is 18.5 Å². The zero-order valence-corrected chi connectivity index (χ0v) is 19.1. The predicted molar refractivity (Wildman–Crippen MR) is 126 cm³/mol. The first kappa shape index (κ1) is 23.5. The Labute approximate surface area is 181 Å². The highest BCUT2D eigenvalue weighted by Crippen LogP contribution is 2.19. The molecular formula is C26H35N3O. The van der Waals surface area contributed by atoms with Crippen molar-refractivity contribution in [2.75, 3.05) is 0 Å². The van der Waals surface area contributed by atoms with E-state index in [0.717, 1.165) is 44.1 Å². The summed E-state index contributed by atoms with van der Waals surface area (Å²) in [6.07, 6.45) is 19.0. The summed E-state index contributed by atoms with van der Waals surface area (Å²) in [4.78, 5) is 4.08. The average Bonchev–Trinajstić information content (AvgIpc) is 3.17. The molecule has 2 heterocycles. The molecule has 2 rings (SSSR count). The molecule has 0 spiro atoms. The Morgan fingerprint density at radius 2 is 1.47 bits per heavy atom. The average molecular weight is 406 g/mol. The molecule has 0 aromatic carbocycles. The second-order valence-corrected chi connectivity index (χ2v) is 8.18. The Morgan fingerprint density at radius 3 is 2.07 bits per heavy atom. The topological polar surface area (TPSA) is 51.8 Å². The van der Waals surface area contributed by atoms with Gasteiger partial charge in [-0.15, -0.1) is 10.2 Å². The first-order chi connectivity index (χ1) is 14.4. The van der Waals surface area contributed by atoms with Gasteiger partial charge in [-0.3, -0.25) is 4.98 Å². The molecule has 0 aliphatic heterocycles. The molecule has 0 fully saturated rings. The SMILES string of the molecule is CC(C)=CCC/C(C)=C/CC/C(C)=C/CC/C(C)=C/c1nnc(-c2cccnc2)o1. The third-order valence-corrected chi connectivity index (χ3v) is 4.87. The molecule has 0 radical (unpaired) electrons. The summed E-state index contributed by atoms with van der Waals surface area (Å²) in [5.41, 5.74) is 6.41. The monoisotopic (exact) mass is 405 g/mol.